The second kappa shape index (κ2) is 15.1. The molecule has 0 atom stereocenters. The summed E-state index contributed by atoms with van der Waals surface area (Å²) < 4.78 is 28.5. The van der Waals surface area contributed by atoms with Crippen molar-refractivity contribution in [2.24, 2.45) is 0 Å². The molecule has 3 aromatic rings. The zero-order valence-corrected chi connectivity index (χ0v) is 25.7. The van der Waals surface area contributed by atoms with Crippen molar-refractivity contribution in [2.45, 2.75) is 45.4 Å². The second-order valence-corrected chi connectivity index (χ2v) is 12.1. The van der Waals surface area contributed by atoms with Gasteiger partial charge in [0.25, 0.3) is 5.91 Å². The van der Waals surface area contributed by atoms with E-state index in [4.69, 9.17) is 15.5 Å². The van der Waals surface area contributed by atoms with E-state index in [9.17, 15) is 13.2 Å². The molecule has 9 nitrogen and oxygen atoms in total. The Hall–Kier alpha value is -3.06. The molecule has 2 aromatic carbocycles. The van der Waals surface area contributed by atoms with Crippen LogP contribution in [0.15, 0.2) is 41.3 Å². The van der Waals surface area contributed by atoms with Crippen molar-refractivity contribution in [3.05, 3.63) is 53.1 Å². The number of fused-ring (bicyclic) bond motifs is 1. The van der Waals surface area contributed by atoms with E-state index < -0.39 is 10.0 Å². The maximum atomic E-state index is 13.8. The van der Waals surface area contributed by atoms with Crippen molar-refractivity contribution in [3.8, 4) is 12.1 Å². The molecule has 1 heterocycles. The number of amides is 1. The summed E-state index contributed by atoms with van der Waals surface area (Å²) in [7, 11) is -3.93. The maximum absolute atomic E-state index is 13.8. The number of halogens is 1. The Balaban J connectivity index is 0.00000560. The molecule has 0 saturated carbocycles. The Labute approximate surface area is 247 Å². The predicted molar refractivity (Wildman–Crippen MR) is 161 cm³/mol. The average molecular weight is 603 g/mol. The number of sulfonamides is 1. The van der Waals surface area contributed by atoms with Crippen molar-refractivity contribution < 1.29 is 13.2 Å². The molecule has 1 aromatic heterocycles. The average Bonchev–Trinajstić information content (AvgIpc) is 3.35. The van der Waals surface area contributed by atoms with E-state index in [0.717, 1.165) is 38.7 Å². The van der Waals surface area contributed by atoms with E-state index >= 15 is 0 Å². The zero-order valence-electron chi connectivity index (χ0n) is 23.3. The highest BCUT2D eigenvalue weighted by Gasteiger charge is 2.26. The SMILES string of the molecule is CCN(CC)CCN(C(=O)c1ccc(S(=O)(=O)N(CCC#N)CCC#N)cc1)c1nc2cc(C)cc(C)c2s1.Cl. The topological polar surface area (TPSA) is 121 Å². The lowest BCUT2D eigenvalue weighted by Gasteiger charge is -2.25. The molecule has 214 valence electrons. The summed E-state index contributed by atoms with van der Waals surface area (Å²) in [6.07, 6.45) is 0.0355. The van der Waals surface area contributed by atoms with Gasteiger partial charge in [-0.05, 0) is 68.4 Å². The maximum Gasteiger partial charge on any atom is 0.260 e. The van der Waals surface area contributed by atoms with Gasteiger partial charge in [-0.15, -0.1) is 12.4 Å². The zero-order chi connectivity index (χ0) is 28.6. The molecular weight excluding hydrogens is 568 g/mol. The van der Waals surface area contributed by atoms with E-state index in [2.05, 4.69) is 24.8 Å². The van der Waals surface area contributed by atoms with Gasteiger partial charge in [0.05, 0.1) is 27.3 Å². The number of aryl methyl sites for hydroxylation is 2. The van der Waals surface area contributed by atoms with Crippen molar-refractivity contribution >= 4 is 55.0 Å². The number of anilines is 1. The van der Waals surface area contributed by atoms with Gasteiger partial charge in [-0.25, -0.2) is 13.4 Å². The van der Waals surface area contributed by atoms with Gasteiger partial charge in [-0.1, -0.05) is 31.3 Å². The number of likely N-dealkylation sites (N-methyl/N-ethyl adjacent to an activating group) is 1. The lowest BCUT2D eigenvalue weighted by atomic mass is 10.1. The standard InChI is InChI=1S/C28H34N6O3S2.ClH/c1-5-32(6-2)17-18-34(28-31-25-20-21(3)19-22(4)26(25)38-28)27(35)23-9-11-24(12-10-23)39(36,37)33(15-7-13-29)16-8-14-30;/h9-12,19-20H,5-8,15-18H2,1-4H3;1H. The fraction of sp³-hybridized carbons (Fsp3) is 0.429. The molecule has 0 fully saturated rings. The summed E-state index contributed by atoms with van der Waals surface area (Å²) in [4.78, 5) is 22.5. The Kier molecular flexibility index (Phi) is 12.5. The third kappa shape index (κ3) is 7.78. The number of rotatable bonds is 13. The van der Waals surface area contributed by atoms with Crippen LogP contribution < -0.4 is 4.90 Å². The number of hydrogen-bond acceptors (Lipinski definition) is 8. The van der Waals surface area contributed by atoms with E-state index in [1.165, 1.54) is 35.6 Å². The molecule has 0 unspecified atom stereocenters. The van der Waals surface area contributed by atoms with Crippen LogP contribution in [0.25, 0.3) is 10.2 Å². The Morgan fingerprint density at radius 1 is 0.950 bits per heavy atom. The van der Waals surface area contributed by atoms with Crippen LogP contribution in [0.1, 0.15) is 48.2 Å². The highest BCUT2D eigenvalue weighted by atomic mass is 35.5. The number of nitrogens with zero attached hydrogens (tertiary/aromatic N) is 6. The highest BCUT2D eigenvalue weighted by molar-refractivity contribution is 7.89. The second-order valence-electron chi connectivity index (χ2n) is 9.15. The molecule has 0 aliphatic heterocycles. The van der Waals surface area contributed by atoms with Crippen molar-refractivity contribution in [1.82, 2.24) is 14.2 Å². The van der Waals surface area contributed by atoms with Gasteiger partial charge in [0.1, 0.15) is 0 Å². The van der Waals surface area contributed by atoms with Crippen LogP contribution in [0, 0.1) is 36.5 Å². The number of aromatic nitrogens is 1. The number of carbonyl (C=O) groups excluding carboxylic acids is 1. The quantitative estimate of drug-likeness (QED) is 0.265. The molecule has 0 bridgehead atoms. The van der Waals surface area contributed by atoms with Gasteiger partial charge < -0.3 is 4.90 Å². The molecule has 0 spiro atoms. The summed E-state index contributed by atoms with van der Waals surface area (Å²) in [6.45, 7) is 11.0. The van der Waals surface area contributed by atoms with Crippen LogP contribution in [0.5, 0.6) is 0 Å². The summed E-state index contributed by atoms with van der Waals surface area (Å²) in [5, 5.41) is 18.4. The van der Waals surface area contributed by atoms with Crippen molar-refractivity contribution in [2.75, 3.05) is 44.2 Å². The molecule has 12 heteroatoms. The minimum absolute atomic E-state index is 0. The first-order chi connectivity index (χ1) is 18.7. The van der Waals surface area contributed by atoms with E-state index in [-0.39, 0.29) is 49.1 Å². The monoisotopic (exact) mass is 602 g/mol. The van der Waals surface area contributed by atoms with Gasteiger partial charge in [0.2, 0.25) is 10.0 Å². The van der Waals surface area contributed by atoms with Gasteiger partial charge in [-0.2, -0.15) is 14.8 Å². The van der Waals surface area contributed by atoms with Crippen LogP contribution >= 0.6 is 23.7 Å². The minimum Gasteiger partial charge on any atom is -0.302 e. The smallest absolute Gasteiger partial charge is 0.260 e. The van der Waals surface area contributed by atoms with Gasteiger partial charge >= 0.3 is 0 Å². The largest absolute Gasteiger partial charge is 0.302 e. The molecule has 40 heavy (non-hydrogen) atoms. The van der Waals surface area contributed by atoms with Gasteiger partial charge in [0, 0.05) is 44.6 Å². The summed E-state index contributed by atoms with van der Waals surface area (Å²) in [5.41, 5.74) is 3.41. The van der Waals surface area contributed by atoms with E-state index in [1.54, 1.807) is 4.90 Å². The third-order valence-electron chi connectivity index (χ3n) is 6.50. The molecule has 0 aliphatic carbocycles. The van der Waals surface area contributed by atoms with Crippen LogP contribution in [0.2, 0.25) is 0 Å². The molecule has 1 amide bonds. The molecule has 0 radical (unpaired) electrons. The lowest BCUT2D eigenvalue weighted by molar-refractivity contribution is 0.0983. The first kappa shape index (κ1) is 33.1. The molecule has 3 rings (SSSR count). The number of benzene rings is 2. The van der Waals surface area contributed by atoms with Crippen LogP contribution in [0.4, 0.5) is 5.13 Å². The number of thiazole rings is 1. The van der Waals surface area contributed by atoms with Crippen LogP contribution in [-0.4, -0.2) is 67.8 Å². The number of carbonyl (C=O) groups is 1. The first-order valence-corrected chi connectivity index (χ1v) is 15.2. The Morgan fingerprint density at radius 2 is 1.55 bits per heavy atom. The normalized spacial score (nSPS) is 11.3. The number of hydrogen-bond donors (Lipinski definition) is 0. The predicted octanol–water partition coefficient (Wildman–Crippen LogP) is 5.14. The first-order valence-electron chi connectivity index (χ1n) is 12.9. The fourth-order valence-corrected chi connectivity index (χ4v) is 6.80. The number of nitriles is 2. The highest BCUT2D eigenvalue weighted by Crippen LogP contribution is 2.33. The minimum atomic E-state index is -3.93. The van der Waals surface area contributed by atoms with E-state index in [1.807, 2.05) is 32.1 Å². The molecule has 0 saturated heterocycles. The molecule has 0 N–H and O–H groups in total. The Bertz CT molecular complexity index is 1470. The van der Waals surface area contributed by atoms with Crippen molar-refractivity contribution in [3.63, 3.8) is 0 Å². The summed E-state index contributed by atoms with van der Waals surface area (Å²) in [6, 6.07) is 13.8. The molecule has 0 aliphatic rings. The van der Waals surface area contributed by atoms with Crippen LogP contribution in [-0.2, 0) is 10.0 Å². The summed E-state index contributed by atoms with van der Waals surface area (Å²) >= 11 is 1.48. The van der Waals surface area contributed by atoms with Crippen LogP contribution in [0.3, 0.4) is 0 Å². The fourth-order valence-electron chi connectivity index (χ4n) is 4.32. The Morgan fingerprint density at radius 3 is 2.10 bits per heavy atom. The molecular formula is C28H35ClN6O3S2. The van der Waals surface area contributed by atoms with Crippen molar-refractivity contribution in [1.29, 1.82) is 10.5 Å². The van der Waals surface area contributed by atoms with E-state index in [0.29, 0.717) is 23.8 Å². The van der Waals surface area contributed by atoms with Gasteiger partial charge in [-0.3, -0.25) is 9.69 Å². The van der Waals surface area contributed by atoms with Gasteiger partial charge in [0.15, 0.2) is 5.13 Å². The lowest BCUT2D eigenvalue weighted by Crippen LogP contribution is -2.39. The third-order valence-corrected chi connectivity index (χ3v) is 9.65. The summed E-state index contributed by atoms with van der Waals surface area (Å²) in [5.74, 6) is -0.259.